The number of hydrogen-bond donors (Lipinski definition) is 0. The molecule has 1 rings (SSSR count). The summed E-state index contributed by atoms with van der Waals surface area (Å²) in [5, 5.41) is 10.6. The molecule has 0 heterocycles. The smallest absolute Gasteiger partial charge is 0.269 e. The number of amides is 1. The van der Waals surface area contributed by atoms with E-state index in [1.165, 1.54) is 24.3 Å². The molecule has 0 aliphatic heterocycles. The number of benzene rings is 1. The van der Waals surface area contributed by atoms with E-state index in [0.717, 1.165) is 0 Å². The summed E-state index contributed by atoms with van der Waals surface area (Å²) < 4.78 is 0. The third kappa shape index (κ3) is 4.60. The average molecular weight is 280 g/mol. The molecule has 7 heteroatoms. The van der Waals surface area contributed by atoms with Crippen molar-refractivity contribution in [3.63, 3.8) is 0 Å². The van der Waals surface area contributed by atoms with E-state index in [1.54, 1.807) is 4.90 Å². The molecule has 0 aromatic heterocycles. The fourth-order valence-corrected chi connectivity index (χ4v) is 1.76. The summed E-state index contributed by atoms with van der Waals surface area (Å²) in [6.07, 6.45) is 0. The van der Waals surface area contributed by atoms with Crippen molar-refractivity contribution in [3.8, 4) is 0 Å². The third-order valence-electron chi connectivity index (χ3n) is 2.52. The van der Waals surface area contributed by atoms with E-state index in [0.29, 0.717) is 18.9 Å². The van der Waals surface area contributed by atoms with Crippen LogP contribution in [0.4, 0.5) is 5.69 Å². The number of nitrogens with zero attached hydrogens (tertiary/aromatic N) is 4. The highest BCUT2D eigenvalue weighted by atomic mass is 16.6. The molecule has 0 saturated heterocycles. The monoisotopic (exact) mass is 280 g/mol. The molecule has 0 bridgehead atoms. The summed E-state index contributed by atoms with van der Waals surface area (Å²) in [7, 11) is 7.52. The predicted octanol–water partition coefficient (Wildman–Crippen LogP) is 1.08. The van der Waals surface area contributed by atoms with Gasteiger partial charge in [-0.05, 0) is 40.3 Å². The summed E-state index contributed by atoms with van der Waals surface area (Å²) >= 11 is 0. The van der Waals surface area contributed by atoms with Crippen LogP contribution in [0.5, 0.6) is 0 Å². The van der Waals surface area contributed by atoms with Gasteiger partial charge < -0.3 is 4.90 Å². The highest BCUT2D eigenvalue weighted by Crippen LogP contribution is 2.13. The van der Waals surface area contributed by atoms with Crippen molar-refractivity contribution in [2.75, 3.05) is 41.5 Å². The second kappa shape index (κ2) is 6.97. The normalized spacial score (nSPS) is 10.9. The van der Waals surface area contributed by atoms with Crippen LogP contribution in [-0.2, 0) is 0 Å². The first-order valence-corrected chi connectivity index (χ1v) is 6.14. The maximum Gasteiger partial charge on any atom is 0.269 e. The minimum Gasteiger partial charge on any atom is -0.313 e. The van der Waals surface area contributed by atoms with Crippen LogP contribution < -0.4 is 0 Å². The number of hydrogen-bond acceptors (Lipinski definition) is 5. The molecular formula is C13H20N4O3. The number of carbonyl (C=O) groups is 1. The maximum atomic E-state index is 12.4. The molecule has 0 spiro atoms. The van der Waals surface area contributed by atoms with Crippen LogP contribution in [0.25, 0.3) is 0 Å². The number of non-ortho nitro benzene ring substituents is 1. The highest BCUT2D eigenvalue weighted by molar-refractivity contribution is 5.94. The third-order valence-corrected chi connectivity index (χ3v) is 2.52. The van der Waals surface area contributed by atoms with Crippen molar-refractivity contribution in [1.29, 1.82) is 0 Å². The molecule has 110 valence electrons. The number of nitro groups is 1. The van der Waals surface area contributed by atoms with E-state index in [1.807, 2.05) is 38.0 Å². The Hall–Kier alpha value is -1.99. The summed E-state index contributed by atoms with van der Waals surface area (Å²) in [4.78, 5) is 28.0. The van der Waals surface area contributed by atoms with Gasteiger partial charge in [-0.15, -0.1) is 0 Å². The largest absolute Gasteiger partial charge is 0.313 e. The van der Waals surface area contributed by atoms with Crippen LogP contribution in [0.15, 0.2) is 24.3 Å². The van der Waals surface area contributed by atoms with Crippen molar-refractivity contribution in [1.82, 2.24) is 14.7 Å². The molecule has 0 unspecified atom stereocenters. The Morgan fingerprint density at radius 2 is 1.50 bits per heavy atom. The van der Waals surface area contributed by atoms with Gasteiger partial charge in [0.1, 0.15) is 0 Å². The molecule has 0 atom stereocenters. The second-order valence-corrected chi connectivity index (χ2v) is 5.09. The lowest BCUT2D eigenvalue weighted by Gasteiger charge is -2.28. The lowest BCUT2D eigenvalue weighted by Crippen LogP contribution is -2.43. The van der Waals surface area contributed by atoms with Gasteiger partial charge >= 0.3 is 0 Å². The SMILES string of the molecule is CN(C)CN(CN(C)C)C(=O)c1ccc([N+](=O)[O-])cc1. The molecule has 1 aromatic carbocycles. The molecule has 0 aliphatic carbocycles. The van der Waals surface area contributed by atoms with Crippen LogP contribution in [0.1, 0.15) is 10.4 Å². The van der Waals surface area contributed by atoms with Crippen molar-refractivity contribution in [3.05, 3.63) is 39.9 Å². The van der Waals surface area contributed by atoms with Gasteiger partial charge in [0.2, 0.25) is 0 Å². The van der Waals surface area contributed by atoms with Gasteiger partial charge in [0.15, 0.2) is 0 Å². The first-order chi connectivity index (χ1) is 9.31. The fourth-order valence-electron chi connectivity index (χ4n) is 1.76. The number of rotatable bonds is 6. The van der Waals surface area contributed by atoms with Crippen LogP contribution in [0, 0.1) is 10.1 Å². The van der Waals surface area contributed by atoms with Gasteiger partial charge in [0, 0.05) is 17.7 Å². The molecule has 7 nitrogen and oxygen atoms in total. The number of nitro benzene ring substituents is 1. The zero-order valence-corrected chi connectivity index (χ0v) is 12.2. The quantitative estimate of drug-likeness (QED) is 0.443. The van der Waals surface area contributed by atoms with E-state index in [9.17, 15) is 14.9 Å². The standard InChI is InChI=1S/C13H20N4O3/c1-14(2)9-16(10-15(3)4)13(18)11-5-7-12(8-6-11)17(19)20/h5-8H,9-10H2,1-4H3. The molecule has 0 fully saturated rings. The molecule has 0 aliphatic rings. The molecule has 0 radical (unpaired) electrons. The van der Waals surface area contributed by atoms with Gasteiger partial charge in [0.25, 0.3) is 11.6 Å². The lowest BCUT2D eigenvalue weighted by molar-refractivity contribution is -0.384. The van der Waals surface area contributed by atoms with Gasteiger partial charge in [0.05, 0.1) is 18.3 Å². The number of carbonyl (C=O) groups excluding carboxylic acids is 1. The minimum atomic E-state index is -0.480. The first kappa shape index (κ1) is 16.1. The van der Waals surface area contributed by atoms with Crippen molar-refractivity contribution < 1.29 is 9.72 Å². The van der Waals surface area contributed by atoms with Crippen LogP contribution in [-0.4, -0.2) is 67.1 Å². The summed E-state index contributed by atoms with van der Waals surface area (Å²) in [6.45, 7) is 0.960. The van der Waals surface area contributed by atoms with Gasteiger partial charge in [-0.3, -0.25) is 24.7 Å². The van der Waals surface area contributed by atoms with Gasteiger partial charge in [-0.25, -0.2) is 0 Å². The maximum absolute atomic E-state index is 12.4. The molecule has 0 N–H and O–H groups in total. The van der Waals surface area contributed by atoms with Crippen LogP contribution in [0.3, 0.4) is 0 Å². The summed E-state index contributed by atoms with van der Waals surface area (Å²) in [6, 6.07) is 5.66. The molecule has 1 aromatic rings. The molecule has 0 saturated carbocycles. The Balaban J connectivity index is 2.90. The van der Waals surface area contributed by atoms with Gasteiger partial charge in [-0.1, -0.05) is 0 Å². The van der Waals surface area contributed by atoms with E-state index in [4.69, 9.17) is 0 Å². The fraction of sp³-hybridized carbons (Fsp3) is 0.462. The highest BCUT2D eigenvalue weighted by Gasteiger charge is 2.18. The Morgan fingerprint density at radius 3 is 1.85 bits per heavy atom. The molecule has 20 heavy (non-hydrogen) atoms. The Kier molecular flexibility index (Phi) is 5.60. The molecular weight excluding hydrogens is 260 g/mol. The van der Waals surface area contributed by atoms with Crippen LogP contribution in [0.2, 0.25) is 0 Å². The van der Waals surface area contributed by atoms with Crippen molar-refractivity contribution in [2.45, 2.75) is 0 Å². The van der Waals surface area contributed by atoms with Crippen molar-refractivity contribution in [2.24, 2.45) is 0 Å². The van der Waals surface area contributed by atoms with Crippen LogP contribution >= 0.6 is 0 Å². The van der Waals surface area contributed by atoms with E-state index >= 15 is 0 Å². The Bertz CT molecular complexity index is 461. The molecule has 1 amide bonds. The predicted molar refractivity (Wildman–Crippen MR) is 76.4 cm³/mol. The summed E-state index contributed by atoms with van der Waals surface area (Å²) in [5.41, 5.74) is 0.424. The Labute approximate surface area is 118 Å². The van der Waals surface area contributed by atoms with E-state index < -0.39 is 4.92 Å². The Morgan fingerprint density at radius 1 is 1.05 bits per heavy atom. The summed E-state index contributed by atoms with van der Waals surface area (Å²) in [5.74, 6) is -0.151. The van der Waals surface area contributed by atoms with Crippen molar-refractivity contribution >= 4 is 11.6 Å². The first-order valence-electron chi connectivity index (χ1n) is 6.14. The minimum absolute atomic E-state index is 0.0201. The zero-order valence-electron chi connectivity index (χ0n) is 12.2. The second-order valence-electron chi connectivity index (χ2n) is 5.09. The average Bonchev–Trinajstić information content (AvgIpc) is 2.36. The van der Waals surface area contributed by atoms with E-state index in [-0.39, 0.29) is 11.6 Å². The van der Waals surface area contributed by atoms with E-state index in [2.05, 4.69) is 0 Å². The topological polar surface area (TPSA) is 69.9 Å². The lowest BCUT2D eigenvalue weighted by atomic mass is 10.2. The van der Waals surface area contributed by atoms with Gasteiger partial charge in [-0.2, -0.15) is 0 Å². The zero-order chi connectivity index (χ0) is 15.3.